The van der Waals surface area contributed by atoms with Gasteiger partial charge in [0.15, 0.2) is 0 Å². The first-order valence-electron chi connectivity index (χ1n) is 7.77. The number of hydrogen-bond acceptors (Lipinski definition) is 5. The molecule has 2 rings (SSSR count). The molecule has 4 N–H and O–H groups in total. The largest absolute Gasteiger partial charge is 0.404 e. The van der Waals surface area contributed by atoms with Crippen molar-refractivity contribution in [2.75, 3.05) is 12.4 Å². The zero-order valence-electron chi connectivity index (χ0n) is 14.0. The highest BCUT2D eigenvalue weighted by Gasteiger charge is 2.08. The molecule has 0 saturated heterocycles. The molecule has 0 aliphatic carbocycles. The Hall–Kier alpha value is -2.99. The Labute approximate surface area is 146 Å². The van der Waals surface area contributed by atoms with Gasteiger partial charge in [0.1, 0.15) is 5.82 Å². The third-order valence-electron chi connectivity index (χ3n) is 3.61. The van der Waals surface area contributed by atoms with E-state index in [1.807, 2.05) is 12.2 Å². The molecule has 25 heavy (non-hydrogen) atoms. The van der Waals surface area contributed by atoms with Crippen molar-refractivity contribution < 1.29 is 9.50 Å². The Morgan fingerprint density at radius 3 is 3.00 bits per heavy atom. The molecule has 0 saturated carbocycles. The van der Waals surface area contributed by atoms with Crippen LogP contribution in [0.4, 0.5) is 10.1 Å². The van der Waals surface area contributed by atoms with Gasteiger partial charge in [-0.15, -0.1) is 0 Å². The van der Waals surface area contributed by atoms with Crippen LogP contribution >= 0.6 is 0 Å². The highest BCUT2D eigenvalue weighted by molar-refractivity contribution is 5.92. The normalized spacial score (nSPS) is 15.4. The molecule has 0 unspecified atom stereocenters. The molecule has 0 aromatic heterocycles. The van der Waals surface area contributed by atoms with Crippen molar-refractivity contribution in [2.45, 2.75) is 13.0 Å². The molecule has 0 radical (unpaired) electrons. The molecule has 0 amide bonds. The van der Waals surface area contributed by atoms with Crippen LogP contribution in [0.5, 0.6) is 0 Å². The lowest BCUT2D eigenvalue weighted by Crippen LogP contribution is -2.00. The van der Waals surface area contributed by atoms with E-state index < -0.39 is 5.82 Å². The first-order chi connectivity index (χ1) is 12.2. The smallest absolute Gasteiger partial charge is 0.130 e. The maximum Gasteiger partial charge on any atom is 0.130 e. The van der Waals surface area contributed by atoms with Gasteiger partial charge in [0.2, 0.25) is 0 Å². The molecule has 0 spiro atoms. The molecular weight excluding hydrogens is 319 g/mol. The van der Waals surface area contributed by atoms with Crippen molar-refractivity contribution in [3.63, 3.8) is 0 Å². The predicted octanol–water partition coefficient (Wildman–Crippen LogP) is 3.07. The van der Waals surface area contributed by atoms with E-state index in [0.717, 1.165) is 16.7 Å². The Kier molecular flexibility index (Phi) is 6.86. The number of nitrogens with zero attached hydrogens (tertiary/aromatic N) is 2. The maximum atomic E-state index is 13.7. The Bertz CT molecular complexity index is 789. The number of nitrogens with one attached hydrogen (secondary N) is 1. The third kappa shape index (κ3) is 4.99. The van der Waals surface area contributed by atoms with Gasteiger partial charge in [-0.25, -0.2) is 4.39 Å². The van der Waals surface area contributed by atoms with Crippen LogP contribution in [-0.2, 0) is 6.61 Å². The van der Waals surface area contributed by atoms with Crippen molar-refractivity contribution in [3.05, 3.63) is 77.1 Å². The van der Waals surface area contributed by atoms with Crippen molar-refractivity contribution in [1.82, 2.24) is 0 Å². The summed E-state index contributed by atoms with van der Waals surface area (Å²) in [5, 5.41) is 12.0. The van der Waals surface area contributed by atoms with Crippen LogP contribution in [0.2, 0.25) is 0 Å². The van der Waals surface area contributed by atoms with E-state index in [1.54, 1.807) is 44.0 Å². The number of anilines is 1. The van der Waals surface area contributed by atoms with Crippen molar-refractivity contribution in [1.29, 1.82) is 0 Å². The summed E-state index contributed by atoms with van der Waals surface area (Å²) in [5.74, 6) is -0.450. The molecule has 0 fully saturated rings. The Morgan fingerprint density at radius 2 is 2.32 bits per heavy atom. The first kappa shape index (κ1) is 18.4. The van der Waals surface area contributed by atoms with Gasteiger partial charge in [-0.3, -0.25) is 9.98 Å². The number of aliphatic hydroxyl groups excluding tert-OH is 1. The number of rotatable bonds is 6. The quantitative estimate of drug-likeness (QED) is 0.696. The molecular formula is C19H21FN4O. The minimum atomic E-state index is -0.450. The zero-order valence-corrected chi connectivity index (χ0v) is 14.0. The summed E-state index contributed by atoms with van der Waals surface area (Å²) in [6, 6.07) is 4.58. The minimum absolute atomic E-state index is 0.262. The standard InChI is InChI=1S/C19H21FN4O/c1-22-11-16(10-21)18-3-2-7-23-12-14(18)6-8-24-17-5-4-15(13-25)19(20)9-17/h2,4-12,24-25H,3,13,21H2,1H3/b8-6+,16-10?,22-11?. The van der Waals surface area contributed by atoms with Gasteiger partial charge in [0.25, 0.3) is 0 Å². The van der Waals surface area contributed by atoms with Gasteiger partial charge in [-0.2, -0.15) is 0 Å². The van der Waals surface area contributed by atoms with Crippen LogP contribution in [-0.4, -0.2) is 24.6 Å². The third-order valence-corrected chi connectivity index (χ3v) is 3.61. The fourth-order valence-corrected chi connectivity index (χ4v) is 2.33. The second-order valence-corrected chi connectivity index (χ2v) is 5.25. The Balaban J connectivity index is 2.23. The van der Waals surface area contributed by atoms with Crippen LogP contribution in [0.25, 0.3) is 0 Å². The van der Waals surface area contributed by atoms with Crippen LogP contribution in [0, 0.1) is 5.82 Å². The average molecular weight is 340 g/mol. The second-order valence-electron chi connectivity index (χ2n) is 5.25. The van der Waals surface area contributed by atoms with Gasteiger partial charge in [-0.05, 0) is 35.8 Å². The number of halogens is 1. The van der Waals surface area contributed by atoms with E-state index in [1.165, 1.54) is 12.3 Å². The van der Waals surface area contributed by atoms with Crippen LogP contribution in [0.3, 0.4) is 0 Å². The van der Waals surface area contributed by atoms with E-state index in [4.69, 9.17) is 10.8 Å². The van der Waals surface area contributed by atoms with E-state index in [-0.39, 0.29) is 12.2 Å². The van der Waals surface area contributed by atoms with E-state index in [9.17, 15) is 4.39 Å². The lowest BCUT2D eigenvalue weighted by Gasteiger charge is -2.08. The lowest BCUT2D eigenvalue weighted by atomic mass is 9.98. The fourth-order valence-electron chi connectivity index (χ4n) is 2.33. The molecule has 1 aliphatic heterocycles. The van der Waals surface area contributed by atoms with E-state index in [0.29, 0.717) is 12.1 Å². The zero-order chi connectivity index (χ0) is 18.1. The van der Waals surface area contributed by atoms with Crippen LogP contribution in [0.1, 0.15) is 12.0 Å². The van der Waals surface area contributed by atoms with Crippen molar-refractivity contribution in [3.8, 4) is 0 Å². The summed E-state index contributed by atoms with van der Waals surface area (Å²) < 4.78 is 13.7. The lowest BCUT2D eigenvalue weighted by molar-refractivity contribution is 0.276. The van der Waals surface area contributed by atoms with Gasteiger partial charge in [-0.1, -0.05) is 12.1 Å². The maximum absolute atomic E-state index is 13.7. The summed E-state index contributed by atoms with van der Waals surface area (Å²) in [6.45, 7) is -0.325. The number of benzene rings is 1. The number of aliphatic hydroxyl groups is 1. The van der Waals surface area contributed by atoms with Gasteiger partial charge < -0.3 is 16.2 Å². The molecule has 130 valence electrons. The van der Waals surface area contributed by atoms with Crippen LogP contribution in [0.15, 0.2) is 75.7 Å². The second kappa shape index (κ2) is 9.34. The average Bonchev–Trinajstić information content (AvgIpc) is 2.85. The van der Waals surface area contributed by atoms with Gasteiger partial charge >= 0.3 is 0 Å². The van der Waals surface area contributed by atoms with Crippen molar-refractivity contribution >= 4 is 18.1 Å². The SMILES string of the molecule is CN=CC(=CN)C1=C(/C=C/Nc2ccc(CO)c(F)c2)C=NC=CC1. The molecule has 5 nitrogen and oxygen atoms in total. The molecule has 0 bridgehead atoms. The molecule has 1 aliphatic rings. The monoisotopic (exact) mass is 340 g/mol. The highest BCUT2D eigenvalue weighted by Crippen LogP contribution is 2.20. The molecule has 0 atom stereocenters. The van der Waals surface area contributed by atoms with E-state index in [2.05, 4.69) is 15.3 Å². The predicted molar refractivity (Wildman–Crippen MR) is 101 cm³/mol. The molecule has 1 aromatic carbocycles. The van der Waals surface area contributed by atoms with Gasteiger partial charge in [0, 0.05) is 54.9 Å². The van der Waals surface area contributed by atoms with Crippen molar-refractivity contribution in [2.24, 2.45) is 15.7 Å². The summed E-state index contributed by atoms with van der Waals surface area (Å²) in [7, 11) is 1.69. The minimum Gasteiger partial charge on any atom is -0.404 e. The first-order valence-corrected chi connectivity index (χ1v) is 7.77. The summed E-state index contributed by atoms with van der Waals surface area (Å²) in [6.07, 6.45) is 12.8. The number of nitrogens with two attached hydrogens (primary N) is 1. The molecule has 6 heteroatoms. The van der Waals surface area contributed by atoms with Gasteiger partial charge in [0.05, 0.1) is 6.61 Å². The number of allylic oxidation sites excluding steroid dienone is 5. The fraction of sp³-hybridized carbons (Fsp3) is 0.158. The molecule has 1 heterocycles. The summed E-state index contributed by atoms with van der Waals surface area (Å²) in [5.41, 5.74) is 9.24. The number of hydrogen-bond donors (Lipinski definition) is 3. The van der Waals surface area contributed by atoms with Crippen LogP contribution < -0.4 is 11.1 Å². The topological polar surface area (TPSA) is 83.0 Å². The molecule has 1 aromatic rings. The summed E-state index contributed by atoms with van der Waals surface area (Å²) >= 11 is 0. The highest BCUT2D eigenvalue weighted by atomic mass is 19.1. The Morgan fingerprint density at radius 1 is 1.48 bits per heavy atom. The summed E-state index contributed by atoms with van der Waals surface area (Å²) in [4.78, 5) is 8.22. The van der Waals surface area contributed by atoms with E-state index >= 15 is 0 Å². The number of aliphatic imine (C=N–C) groups is 2.